The molecule has 0 aliphatic carbocycles. The first-order valence-corrected chi connectivity index (χ1v) is 13.9. The molecule has 5 heteroatoms. The van der Waals surface area contributed by atoms with Gasteiger partial charge < -0.3 is 14.4 Å². The lowest BCUT2D eigenvalue weighted by Crippen LogP contribution is -2.28. The number of hydrogen-bond acceptors (Lipinski definition) is 4. The van der Waals surface area contributed by atoms with E-state index in [1.165, 1.54) is 22.3 Å². The summed E-state index contributed by atoms with van der Waals surface area (Å²) in [6.07, 6.45) is 0. The molecule has 0 saturated heterocycles. The van der Waals surface area contributed by atoms with Gasteiger partial charge in [-0.3, -0.25) is 0 Å². The molecule has 0 spiro atoms. The second-order valence-corrected chi connectivity index (χ2v) is 10.4. The van der Waals surface area contributed by atoms with Crippen LogP contribution in [-0.2, 0) is 18.8 Å². The van der Waals surface area contributed by atoms with Crippen molar-refractivity contribution in [1.29, 1.82) is 0 Å². The molecule has 0 aliphatic heterocycles. The number of aliphatic imine (C=N–C) groups is 1. The number of para-hydroxylation sites is 1. The lowest BCUT2D eigenvalue weighted by molar-refractivity contribution is 0.405. The molecule has 4 rings (SSSR count). The van der Waals surface area contributed by atoms with Crippen LogP contribution >= 0.6 is 11.8 Å². The second-order valence-electron chi connectivity index (χ2n) is 9.43. The summed E-state index contributed by atoms with van der Waals surface area (Å²) >= 11 is 1.78. The zero-order valence-electron chi connectivity index (χ0n) is 22.6. The Hall–Kier alpha value is -3.70. The molecule has 0 aromatic heterocycles. The fourth-order valence-corrected chi connectivity index (χ4v) is 5.15. The molecule has 0 amide bonds. The standard InChI is InChI=1S/C33H36N2O2S/c1-25(2)31-12-8-9-13-32(31)34-33(38-24-28-10-6-5-7-11-28)35(22-26-14-18-29(36-3)19-15-26)23-27-16-20-30(37-4)21-17-27/h5-21,25H,22-24H2,1-4H3. The molecule has 0 radical (unpaired) electrons. The van der Waals surface area contributed by atoms with Gasteiger partial charge in [0.1, 0.15) is 11.5 Å². The molecule has 4 aromatic carbocycles. The highest BCUT2D eigenvalue weighted by molar-refractivity contribution is 8.13. The lowest BCUT2D eigenvalue weighted by atomic mass is 10.0. The molecule has 4 aromatic rings. The zero-order chi connectivity index (χ0) is 26.7. The van der Waals surface area contributed by atoms with Crippen molar-refractivity contribution in [2.24, 2.45) is 4.99 Å². The molecule has 0 atom stereocenters. The Morgan fingerprint density at radius 1 is 0.684 bits per heavy atom. The SMILES string of the molecule is COc1ccc(CN(Cc2ccc(OC)cc2)C(=Nc2ccccc2C(C)C)SCc2ccccc2)cc1. The Labute approximate surface area is 231 Å². The van der Waals surface area contributed by atoms with Crippen LogP contribution in [0.5, 0.6) is 11.5 Å². The van der Waals surface area contributed by atoms with Gasteiger partial charge in [-0.25, -0.2) is 4.99 Å². The Morgan fingerprint density at radius 2 is 1.21 bits per heavy atom. The molecule has 196 valence electrons. The number of hydrogen-bond donors (Lipinski definition) is 0. The molecule has 4 nitrogen and oxygen atoms in total. The van der Waals surface area contributed by atoms with Gasteiger partial charge in [0.2, 0.25) is 0 Å². The summed E-state index contributed by atoms with van der Waals surface area (Å²) in [4.78, 5) is 7.68. The Bertz CT molecular complexity index is 1250. The molecule has 38 heavy (non-hydrogen) atoms. The number of rotatable bonds is 10. The van der Waals surface area contributed by atoms with E-state index in [1.54, 1.807) is 26.0 Å². The van der Waals surface area contributed by atoms with Crippen molar-refractivity contribution in [2.75, 3.05) is 14.2 Å². The van der Waals surface area contributed by atoms with Crippen molar-refractivity contribution in [3.63, 3.8) is 0 Å². The van der Waals surface area contributed by atoms with Crippen molar-refractivity contribution >= 4 is 22.6 Å². The molecule has 0 bridgehead atoms. The van der Waals surface area contributed by atoms with Crippen LogP contribution in [0.15, 0.2) is 108 Å². The summed E-state index contributed by atoms with van der Waals surface area (Å²) < 4.78 is 10.8. The summed E-state index contributed by atoms with van der Waals surface area (Å²) in [5.74, 6) is 2.93. The molecular weight excluding hydrogens is 488 g/mol. The Balaban J connectivity index is 1.73. The normalized spacial score (nSPS) is 11.4. The highest BCUT2D eigenvalue weighted by atomic mass is 32.2. The van der Waals surface area contributed by atoms with Crippen molar-refractivity contribution < 1.29 is 9.47 Å². The van der Waals surface area contributed by atoms with Gasteiger partial charge in [-0.15, -0.1) is 0 Å². The largest absolute Gasteiger partial charge is 0.497 e. The quantitative estimate of drug-likeness (QED) is 0.154. The summed E-state index contributed by atoms with van der Waals surface area (Å²) in [5, 5.41) is 0.994. The Kier molecular flexibility index (Phi) is 9.88. The monoisotopic (exact) mass is 524 g/mol. The zero-order valence-corrected chi connectivity index (χ0v) is 23.4. The van der Waals surface area contributed by atoms with Gasteiger partial charge in [0.15, 0.2) is 5.17 Å². The summed E-state index contributed by atoms with van der Waals surface area (Å²) in [6, 6.07) is 35.6. The van der Waals surface area contributed by atoms with Gasteiger partial charge in [-0.05, 0) is 58.5 Å². The lowest BCUT2D eigenvalue weighted by Gasteiger charge is -2.27. The second kappa shape index (κ2) is 13.7. The van der Waals surface area contributed by atoms with E-state index in [0.717, 1.165) is 41.2 Å². The highest BCUT2D eigenvalue weighted by Crippen LogP contribution is 2.30. The molecule has 0 N–H and O–H groups in total. The van der Waals surface area contributed by atoms with Crippen molar-refractivity contribution in [1.82, 2.24) is 4.90 Å². The van der Waals surface area contributed by atoms with Crippen LogP contribution in [0.1, 0.15) is 42.0 Å². The topological polar surface area (TPSA) is 34.1 Å². The van der Waals surface area contributed by atoms with E-state index in [4.69, 9.17) is 14.5 Å². The first-order chi connectivity index (χ1) is 18.6. The third kappa shape index (κ3) is 7.65. The summed E-state index contributed by atoms with van der Waals surface area (Å²) in [5.41, 5.74) is 5.94. The van der Waals surface area contributed by atoms with Gasteiger partial charge in [0.05, 0.1) is 19.9 Å². The van der Waals surface area contributed by atoms with Gasteiger partial charge in [0, 0.05) is 18.8 Å². The van der Waals surface area contributed by atoms with E-state index in [-0.39, 0.29) is 0 Å². The average molecular weight is 525 g/mol. The average Bonchev–Trinajstić information content (AvgIpc) is 2.96. The fraction of sp³-hybridized carbons (Fsp3) is 0.242. The molecule has 0 aliphatic rings. The van der Waals surface area contributed by atoms with Crippen LogP contribution < -0.4 is 9.47 Å². The molecule has 0 saturated carbocycles. The van der Waals surface area contributed by atoms with Crippen LogP contribution in [-0.4, -0.2) is 24.3 Å². The maximum Gasteiger partial charge on any atom is 0.165 e. The van der Waals surface area contributed by atoms with Gasteiger partial charge >= 0.3 is 0 Å². The minimum Gasteiger partial charge on any atom is -0.497 e. The van der Waals surface area contributed by atoms with Crippen molar-refractivity contribution in [3.8, 4) is 11.5 Å². The van der Waals surface area contributed by atoms with E-state index in [9.17, 15) is 0 Å². The van der Waals surface area contributed by atoms with Crippen LogP contribution in [0.3, 0.4) is 0 Å². The number of ether oxygens (including phenoxy) is 2. The minimum atomic E-state index is 0.381. The fourth-order valence-electron chi connectivity index (χ4n) is 4.19. The van der Waals surface area contributed by atoms with Gasteiger partial charge in [-0.2, -0.15) is 0 Å². The van der Waals surface area contributed by atoms with Gasteiger partial charge in [0.25, 0.3) is 0 Å². The predicted octanol–water partition coefficient (Wildman–Crippen LogP) is 8.45. The molecule has 0 unspecified atom stereocenters. The highest BCUT2D eigenvalue weighted by Gasteiger charge is 2.17. The van der Waals surface area contributed by atoms with Crippen LogP contribution in [0.25, 0.3) is 0 Å². The van der Waals surface area contributed by atoms with Crippen LogP contribution in [0.2, 0.25) is 0 Å². The molecule has 0 fully saturated rings. The third-order valence-corrected chi connectivity index (χ3v) is 7.41. The van der Waals surface area contributed by atoms with E-state index in [2.05, 4.69) is 97.6 Å². The third-order valence-electron chi connectivity index (χ3n) is 6.32. The number of amidine groups is 1. The maximum atomic E-state index is 5.39. The van der Waals surface area contributed by atoms with Crippen molar-refractivity contribution in [2.45, 2.75) is 38.6 Å². The Morgan fingerprint density at radius 3 is 1.74 bits per heavy atom. The number of benzene rings is 4. The minimum absolute atomic E-state index is 0.381. The smallest absolute Gasteiger partial charge is 0.165 e. The first kappa shape index (κ1) is 27.3. The maximum absolute atomic E-state index is 5.39. The molecular formula is C33H36N2O2S. The van der Waals surface area contributed by atoms with E-state index >= 15 is 0 Å². The van der Waals surface area contributed by atoms with Crippen molar-refractivity contribution in [3.05, 3.63) is 125 Å². The van der Waals surface area contributed by atoms with E-state index in [1.807, 2.05) is 24.3 Å². The summed E-state index contributed by atoms with van der Waals surface area (Å²) in [7, 11) is 3.39. The van der Waals surface area contributed by atoms with E-state index in [0.29, 0.717) is 5.92 Å². The number of methoxy groups -OCH3 is 2. The van der Waals surface area contributed by atoms with E-state index < -0.39 is 0 Å². The van der Waals surface area contributed by atoms with Crippen LogP contribution in [0, 0.1) is 0 Å². The summed E-state index contributed by atoms with van der Waals surface area (Å²) in [6.45, 7) is 5.89. The number of nitrogens with zero attached hydrogens (tertiary/aromatic N) is 2. The van der Waals surface area contributed by atoms with Gasteiger partial charge in [-0.1, -0.05) is 98.4 Å². The van der Waals surface area contributed by atoms with Crippen LogP contribution in [0.4, 0.5) is 5.69 Å². The predicted molar refractivity (Wildman–Crippen MR) is 161 cm³/mol. The molecule has 0 heterocycles. The number of thioether (sulfide) groups is 1. The first-order valence-electron chi connectivity index (χ1n) is 12.9.